The maximum Gasteiger partial charge on any atom is 0.255 e. The molecular weight excluding hydrogens is 439 g/mol. The number of benzene rings is 2. The van der Waals surface area contributed by atoms with Crippen LogP contribution in [0.5, 0.6) is 0 Å². The van der Waals surface area contributed by atoms with E-state index in [2.05, 4.69) is 31.0 Å². The van der Waals surface area contributed by atoms with E-state index < -0.39 is 5.82 Å². The van der Waals surface area contributed by atoms with Crippen LogP contribution in [0.1, 0.15) is 21.8 Å². The third-order valence-electron chi connectivity index (χ3n) is 4.96. The monoisotopic (exact) mass is 458 g/mol. The van der Waals surface area contributed by atoms with Gasteiger partial charge in [-0.15, -0.1) is 0 Å². The highest BCUT2D eigenvalue weighted by Gasteiger charge is 2.25. The summed E-state index contributed by atoms with van der Waals surface area (Å²) in [5.41, 5.74) is 2.44. The molecule has 2 heterocycles. The summed E-state index contributed by atoms with van der Waals surface area (Å²) in [4.78, 5) is 21.1. The van der Waals surface area contributed by atoms with E-state index in [0.717, 1.165) is 5.56 Å². The van der Waals surface area contributed by atoms with E-state index in [9.17, 15) is 9.18 Å². The molecule has 4 rings (SSSR count). The number of piperazine rings is 1. The molecule has 3 aromatic rings. The minimum atomic E-state index is -0.420. The fourth-order valence-corrected chi connectivity index (χ4v) is 3.69. The number of carbonyl (C=O) groups is 1. The number of carbonyl (C=O) groups excluding carboxylic acids is 1. The number of halogens is 2. The van der Waals surface area contributed by atoms with Gasteiger partial charge in [-0.25, -0.2) is 4.39 Å². The molecule has 1 saturated heterocycles. The minimum absolute atomic E-state index is 0.171. The van der Waals surface area contributed by atoms with Crippen molar-refractivity contribution >= 4 is 21.8 Å². The Morgan fingerprint density at radius 2 is 1.86 bits per heavy atom. The smallest absolute Gasteiger partial charge is 0.255 e. The molecule has 1 aliphatic rings. The van der Waals surface area contributed by atoms with Crippen LogP contribution in [0.2, 0.25) is 0 Å². The largest absolute Gasteiger partial charge is 0.338 e. The SMILES string of the molecule is Cc1ccc(-c2noc(CN3CCN(C(=O)c4cc(F)ccc4Br)CC3)n2)cc1. The zero-order valence-corrected chi connectivity index (χ0v) is 17.5. The third kappa shape index (κ3) is 4.54. The highest BCUT2D eigenvalue weighted by molar-refractivity contribution is 9.10. The van der Waals surface area contributed by atoms with Crippen LogP contribution in [0.4, 0.5) is 4.39 Å². The van der Waals surface area contributed by atoms with Gasteiger partial charge in [0.05, 0.1) is 12.1 Å². The summed E-state index contributed by atoms with van der Waals surface area (Å²) in [5, 5.41) is 4.06. The van der Waals surface area contributed by atoms with E-state index in [0.29, 0.717) is 54.5 Å². The lowest BCUT2D eigenvalue weighted by atomic mass is 10.1. The molecule has 0 aliphatic carbocycles. The van der Waals surface area contributed by atoms with Gasteiger partial charge < -0.3 is 9.42 Å². The second kappa shape index (κ2) is 8.42. The predicted molar refractivity (Wildman–Crippen MR) is 110 cm³/mol. The number of rotatable bonds is 4. The molecule has 1 aliphatic heterocycles. The van der Waals surface area contributed by atoms with Crippen molar-refractivity contribution in [3.63, 3.8) is 0 Å². The Kier molecular flexibility index (Phi) is 5.73. The Morgan fingerprint density at radius 1 is 1.14 bits per heavy atom. The van der Waals surface area contributed by atoms with Gasteiger partial charge in [0.15, 0.2) is 0 Å². The van der Waals surface area contributed by atoms with Crippen molar-refractivity contribution in [1.82, 2.24) is 19.9 Å². The number of aromatic nitrogens is 2. The molecular formula is C21H20BrFN4O2. The van der Waals surface area contributed by atoms with Crippen LogP contribution < -0.4 is 0 Å². The average molecular weight is 459 g/mol. The van der Waals surface area contributed by atoms with Crippen LogP contribution in [0.3, 0.4) is 0 Å². The Labute approximate surface area is 176 Å². The Balaban J connectivity index is 1.35. The first-order valence-corrected chi connectivity index (χ1v) is 10.2. The van der Waals surface area contributed by atoms with Gasteiger partial charge in [0.1, 0.15) is 5.82 Å². The molecule has 8 heteroatoms. The summed E-state index contributed by atoms with van der Waals surface area (Å²) in [7, 11) is 0. The zero-order chi connectivity index (χ0) is 20.4. The lowest BCUT2D eigenvalue weighted by Crippen LogP contribution is -2.48. The van der Waals surface area contributed by atoms with Crippen LogP contribution in [0.25, 0.3) is 11.4 Å². The van der Waals surface area contributed by atoms with Gasteiger partial charge in [0, 0.05) is 36.2 Å². The summed E-state index contributed by atoms with van der Waals surface area (Å²) < 4.78 is 19.5. The second-order valence-electron chi connectivity index (χ2n) is 7.07. The lowest BCUT2D eigenvalue weighted by molar-refractivity contribution is 0.0613. The Hall–Kier alpha value is -2.58. The number of aryl methyl sites for hydroxylation is 1. The molecule has 2 aromatic carbocycles. The predicted octanol–water partition coefficient (Wildman–Crippen LogP) is 3.90. The maximum absolute atomic E-state index is 13.5. The van der Waals surface area contributed by atoms with Gasteiger partial charge in [-0.2, -0.15) is 4.98 Å². The van der Waals surface area contributed by atoms with Crippen molar-refractivity contribution in [2.45, 2.75) is 13.5 Å². The third-order valence-corrected chi connectivity index (χ3v) is 5.65. The fourth-order valence-electron chi connectivity index (χ4n) is 3.27. The van der Waals surface area contributed by atoms with Crippen molar-refractivity contribution in [2.24, 2.45) is 0 Å². The van der Waals surface area contributed by atoms with E-state index in [1.165, 1.54) is 17.7 Å². The molecule has 1 amide bonds. The molecule has 6 nitrogen and oxygen atoms in total. The van der Waals surface area contributed by atoms with Crippen LogP contribution in [0.15, 0.2) is 51.5 Å². The van der Waals surface area contributed by atoms with Gasteiger partial charge in [-0.05, 0) is 41.1 Å². The Bertz CT molecular complexity index is 1010. The van der Waals surface area contributed by atoms with E-state index in [1.807, 2.05) is 31.2 Å². The van der Waals surface area contributed by atoms with E-state index in [-0.39, 0.29) is 5.91 Å². The van der Waals surface area contributed by atoms with E-state index in [1.54, 1.807) is 11.0 Å². The van der Waals surface area contributed by atoms with Crippen molar-refractivity contribution in [1.29, 1.82) is 0 Å². The maximum atomic E-state index is 13.5. The number of amides is 1. The topological polar surface area (TPSA) is 62.5 Å². The van der Waals surface area contributed by atoms with Gasteiger partial charge in [-0.1, -0.05) is 35.0 Å². The molecule has 1 fully saturated rings. The highest BCUT2D eigenvalue weighted by atomic mass is 79.9. The van der Waals surface area contributed by atoms with Crippen LogP contribution in [-0.4, -0.2) is 52.0 Å². The van der Waals surface area contributed by atoms with Crippen LogP contribution >= 0.6 is 15.9 Å². The average Bonchev–Trinajstić information content (AvgIpc) is 3.19. The standard InChI is InChI=1S/C21H20BrFN4O2/c1-14-2-4-15(5-3-14)20-24-19(29-25-20)13-26-8-10-27(11-9-26)21(28)17-12-16(23)6-7-18(17)22/h2-7,12H,8-11,13H2,1H3. The molecule has 150 valence electrons. The molecule has 0 unspecified atom stereocenters. The van der Waals surface area contributed by atoms with Crippen molar-refractivity contribution in [3.05, 3.63) is 69.8 Å². The summed E-state index contributed by atoms with van der Waals surface area (Å²) >= 11 is 3.33. The molecule has 0 N–H and O–H groups in total. The molecule has 0 spiro atoms. The van der Waals surface area contributed by atoms with Gasteiger partial charge in [-0.3, -0.25) is 9.69 Å². The summed E-state index contributed by atoms with van der Waals surface area (Å²) in [6.07, 6.45) is 0. The number of hydrogen-bond donors (Lipinski definition) is 0. The number of nitrogens with zero attached hydrogens (tertiary/aromatic N) is 4. The summed E-state index contributed by atoms with van der Waals surface area (Å²) in [6.45, 7) is 5.04. The van der Waals surface area contributed by atoms with E-state index >= 15 is 0 Å². The fraction of sp³-hybridized carbons (Fsp3) is 0.286. The first kappa shape index (κ1) is 19.7. The van der Waals surface area contributed by atoms with Gasteiger partial charge in [0.2, 0.25) is 11.7 Å². The normalized spacial score (nSPS) is 14.9. The Morgan fingerprint density at radius 3 is 2.59 bits per heavy atom. The van der Waals surface area contributed by atoms with Crippen LogP contribution in [-0.2, 0) is 6.54 Å². The lowest BCUT2D eigenvalue weighted by Gasteiger charge is -2.34. The van der Waals surface area contributed by atoms with Crippen LogP contribution in [0, 0.1) is 12.7 Å². The number of hydrogen-bond acceptors (Lipinski definition) is 5. The quantitative estimate of drug-likeness (QED) is 0.592. The highest BCUT2D eigenvalue weighted by Crippen LogP contribution is 2.21. The zero-order valence-electron chi connectivity index (χ0n) is 15.9. The molecule has 0 saturated carbocycles. The summed E-state index contributed by atoms with van der Waals surface area (Å²) in [6, 6.07) is 12.1. The molecule has 0 bridgehead atoms. The van der Waals surface area contributed by atoms with Crippen molar-refractivity contribution in [2.75, 3.05) is 26.2 Å². The first-order valence-electron chi connectivity index (χ1n) is 9.36. The molecule has 0 radical (unpaired) electrons. The second-order valence-corrected chi connectivity index (χ2v) is 7.92. The minimum Gasteiger partial charge on any atom is -0.338 e. The first-order chi connectivity index (χ1) is 14.0. The summed E-state index contributed by atoms with van der Waals surface area (Å²) in [5.74, 6) is 0.532. The van der Waals surface area contributed by atoms with Crippen molar-refractivity contribution in [3.8, 4) is 11.4 Å². The van der Waals surface area contributed by atoms with Gasteiger partial charge in [0.25, 0.3) is 5.91 Å². The molecule has 0 atom stereocenters. The molecule has 29 heavy (non-hydrogen) atoms. The van der Waals surface area contributed by atoms with E-state index in [4.69, 9.17) is 4.52 Å². The van der Waals surface area contributed by atoms with Gasteiger partial charge >= 0.3 is 0 Å². The molecule has 1 aromatic heterocycles. The van der Waals surface area contributed by atoms with Crippen molar-refractivity contribution < 1.29 is 13.7 Å².